The second-order valence-electron chi connectivity index (χ2n) is 4.81. The lowest BCUT2D eigenvalue weighted by molar-refractivity contribution is 0.864. The van der Waals surface area contributed by atoms with Gasteiger partial charge in [0.2, 0.25) is 0 Å². The Labute approximate surface area is 122 Å². The highest BCUT2D eigenvalue weighted by atomic mass is 35.5. The van der Waals surface area contributed by atoms with Crippen LogP contribution >= 0.6 is 11.6 Å². The Hall–Kier alpha value is -2.07. The van der Waals surface area contributed by atoms with E-state index in [1.807, 2.05) is 48.0 Å². The first-order valence-corrected chi connectivity index (χ1v) is 6.84. The van der Waals surface area contributed by atoms with Crippen LogP contribution in [0.2, 0.25) is 5.02 Å². The topological polar surface area (TPSA) is 42.2 Å². The number of fused-ring (bicyclic) bond motifs is 1. The van der Waals surface area contributed by atoms with Crippen molar-refractivity contribution in [1.29, 1.82) is 0 Å². The number of benzene rings is 1. The van der Waals surface area contributed by atoms with Crippen molar-refractivity contribution >= 4 is 22.9 Å². The number of nitrogens with one attached hydrogen (secondary N) is 1. The fraction of sp³-hybridized carbons (Fsp3) is 0.200. The molecule has 3 aromatic rings. The van der Waals surface area contributed by atoms with E-state index in [2.05, 4.69) is 22.3 Å². The highest BCUT2D eigenvalue weighted by Gasteiger charge is 2.10. The van der Waals surface area contributed by atoms with Gasteiger partial charge >= 0.3 is 0 Å². The van der Waals surface area contributed by atoms with Gasteiger partial charge in [0.15, 0.2) is 5.82 Å². The molecule has 1 unspecified atom stereocenters. The summed E-state index contributed by atoms with van der Waals surface area (Å²) in [5.41, 5.74) is 3.11. The molecular weight excluding hydrogens is 272 g/mol. The molecule has 0 radical (unpaired) electrons. The summed E-state index contributed by atoms with van der Waals surface area (Å²) in [5, 5.41) is 8.55. The first-order valence-electron chi connectivity index (χ1n) is 6.46. The van der Waals surface area contributed by atoms with Crippen molar-refractivity contribution in [3.8, 4) is 0 Å². The molecule has 0 aliphatic rings. The monoisotopic (exact) mass is 286 g/mol. The molecular formula is C15H15ClN4. The molecule has 2 heterocycles. The molecule has 0 aliphatic carbocycles. The summed E-state index contributed by atoms with van der Waals surface area (Å²) < 4.78 is 1.83. The molecule has 5 heteroatoms. The van der Waals surface area contributed by atoms with E-state index in [0.29, 0.717) is 0 Å². The van der Waals surface area contributed by atoms with Crippen molar-refractivity contribution in [2.75, 3.05) is 5.32 Å². The van der Waals surface area contributed by atoms with Crippen molar-refractivity contribution < 1.29 is 0 Å². The van der Waals surface area contributed by atoms with E-state index < -0.39 is 0 Å². The molecule has 0 saturated heterocycles. The third-order valence-electron chi connectivity index (χ3n) is 3.24. The molecule has 1 aromatic carbocycles. The Morgan fingerprint density at radius 1 is 1.25 bits per heavy atom. The lowest BCUT2D eigenvalue weighted by Crippen LogP contribution is -2.09. The Balaban J connectivity index is 1.90. The van der Waals surface area contributed by atoms with Gasteiger partial charge in [-0.1, -0.05) is 23.7 Å². The first kappa shape index (κ1) is 12.9. The predicted molar refractivity (Wildman–Crippen MR) is 81.2 cm³/mol. The normalized spacial score (nSPS) is 12.6. The third kappa shape index (κ3) is 2.47. The van der Waals surface area contributed by atoms with Crippen LogP contribution in [0, 0.1) is 6.92 Å². The fourth-order valence-electron chi connectivity index (χ4n) is 2.20. The zero-order valence-electron chi connectivity index (χ0n) is 11.3. The van der Waals surface area contributed by atoms with E-state index in [9.17, 15) is 0 Å². The lowest BCUT2D eigenvalue weighted by atomic mass is 10.1. The van der Waals surface area contributed by atoms with Crippen LogP contribution in [0.4, 0.5) is 5.82 Å². The summed E-state index contributed by atoms with van der Waals surface area (Å²) in [6.45, 7) is 4.07. The van der Waals surface area contributed by atoms with E-state index in [4.69, 9.17) is 11.6 Å². The summed E-state index contributed by atoms with van der Waals surface area (Å²) in [6, 6.07) is 9.98. The Morgan fingerprint density at radius 3 is 2.75 bits per heavy atom. The highest BCUT2D eigenvalue weighted by Crippen LogP contribution is 2.22. The van der Waals surface area contributed by atoms with Crippen molar-refractivity contribution in [2.45, 2.75) is 19.9 Å². The summed E-state index contributed by atoms with van der Waals surface area (Å²) >= 11 is 5.91. The Bertz CT molecular complexity index is 733. The van der Waals surface area contributed by atoms with E-state index in [1.54, 1.807) is 6.20 Å². The fourth-order valence-corrected chi connectivity index (χ4v) is 2.32. The zero-order valence-corrected chi connectivity index (χ0v) is 12.1. The van der Waals surface area contributed by atoms with E-state index in [-0.39, 0.29) is 6.04 Å². The number of aromatic nitrogens is 3. The molecule has 0 bridgehead atoms. The summed E-state index contributed by atoms with van der Waals surface area (Å²) in [7, 11) is 0. The second-order valence-corrected chi connectivity index (χ2v) is 5.25. The minimum atomic E-state index is 0.140. The summed E-state index contributed by atoms with van der Waals surface area (Å²) in [4.78, 5) is 4.41. The molecule has 2 aromatic heterocycles. The lowest BCUT2D eigenvalue weighted by Gasteiger charge is -2.15. The van der Waals surface area contributed by atoms with Crippen LogP contribution in [0.5, 0.6) is 0 Å². The van der Waals surface area contributed by atoms with Gasteiger partial charge in [-0.25, -0.2) is 9.50 Å². The van der Waals surface area contributed by atoms with Crippen molar-refractivity contribution in [3.05, 3.63) is 59.0 Å². The second kappa shape index (κ2) is 5.13. The van der Waals surface area contributed by atoms with Crippen molar-refractivity contribution in [2.24, 2.45) is 0 Å². The van der Waals surface area contributed by atoms with E-state index in [0.717, 1.165) is 27.6 Å². The smallest absolute Gasteiger partial charge is 0.152 e. The number of hydrogen-bond acceptors (Lipinski definition) is 3. The molecule has 4 nitrogen and oxygen atoms in total. The van der Waals surface area contributed by atoms with Crippen LogP contribution in [0.3, 0.4) is 0 Å². The predicted octanol–water partition coefficient (Wildman–Crippen LogP) is 3.86. The van der Waals surface area contributed by atoms with Crippen LogP contribution in [-0.2, 0) is 0 Å². The van der Waals surface area contributed by atoms with Crippen LogP contribution in [0.15, 0.2) is 42.7 Å². The number of rotatable bonds is 3. The Kier molecular flexibility index (Phi) is 3.32. The van der Waals surface area contributed by atoms with E-state index >= 15 is 0 Å². The quantitative estimate of drug-likeness (QED) is 0.795. The summed E-state index contributed by atoms with van der Waals surface area (Å²) in [6.07, 6.45) is 3.59. The average Bonchev–Trinajstić information content (AvgIpc) is 2.81. The molecule has 1 N–H and O–H groups in total. The zero-order chi connectivity index (χ0) is 14.1. The Morgan fingerprint density at radius 2 is 2.00 bits per heavy atom. The van der Waals surface area contributed by atoms with Crippen LogP contribution in [-0.4, -0.2) is 14.6 Å². The van der Waals surface area contributed by atoms with Gasteiger partial charge in [0, 0.05) is 17.4 Å². The molecule has 102 valence electrons. The molecule has 0 spiro atoms. The third-order valence-corrected chi connectivity index (χ3v) is 3.49. The van der Waals surface area contributed by atoms with Gasteiger partial charge in [0.1, 0.15) is 5.52 Å². The maximum Gasteiger partial charge on any atom is 0.152 e. The number of halogens is 1. The standard InChI is InChI=1S/C15H15ClN4/c1-10-9-14-15(17-7-8-20(14)19-10)18-11(2)12-3-5-13(16)6-4-12/h3-9,11H,1-2H3,(H,17,18). The average molecular weight is 287 g/mol. The van der Waals surface area contributed by atoms with Gasteiger partial charge in [-0.3, -0.25) is 0 Å². The van der Waals surface area contributed by atoms with Crippen molar-refractivity contribution in [3.63, 3.8) is 0 Å². The number of hydrogen-bond donors (Lipinski definition) is 1. The van der Waals surface area contributed by atoms with Gasteiger partial charge in [0.05, 0.1) is 11.7 Å². The van der Waals surface area contributed by atoms with Crippen LogP contribution in [0.1, 0.15) is 24.2 Å². The van der Waals surface area contributed by atoms with Crippen LogP contribution < -0.4 is 5.32 Å². The minimum Gasteiger partial charge on any atom is -0.362 e. The number of anilines is 1. The number of aryl methyl sites for hydroxylation is 1. The SMILES string of the molecule is Cc1cc2c(NC(C)c3ccc(Cl)cc3)nccn2n1. The van der Waals surface area contributed by atoms with Crippen LogP contribution in [0.25, 0.3) is 5.52 Å². The maximum atomic E-state index is 5.91. The first-order chi connectivity index (χ1) is 9.63. The van der Waals surface area contributed by atoms with Gasteiger partial charge in [-0.05, 0) is 37.6 Å². The maximum absolute atomic E-state index is 5.91. The van der Waals surface area contributed by atoms with Crippen molar-refractivity contribution in [1.82, 2.24) is 14.6 Å². The van der Waals surface area contributed by atoms with Gasteiger partial charge < -0.3 is 5.32 Å². The largest absolute Gasteiger partial charge is 0.362 e. The number of nitrogens with zero attached hydrogens (tertiary/aromatic N) is 3. The molecule has 1 atom stereocenters. The van der Waals surface area contributed by atoms with Gasteiger partial charge in [0.25, 0.3) is 0 Å². The summed E-state index contributed by atoms with van der Waals surface area (Å²) in [5.74, 6) is 0.829. The molecule has 3 rings (SSSR count). The molecule has 0 fully saturated rings. The van der Waals surface area contributed by atoms with E-state index in [1.165, 1.54) is 0 Å². The van der Waals surface area contributed by atoms with Gasteiger partial charge in [-0.2, -0.15) is 5.10 Å². The molecule has 0 aliphatic heterocycles. The minimum absolute atomic E-state index is 0.140. The molecule has 0 saturated carbocycles. The molecule has 0 amide bonds. The van der Waals surface area contributed by atoms with Gasteiger partial charge in [-0.15, -0.1) is 0 Å². The molecule has 20 heavy (non-hydrogen) atoms. The highest BCUT2D eigenvalue weighted by molar-refractivity contribution is 6.30.